The van der Waals surface area contributed by atoms with Crippen LogP contribution in [-0.4, -0.2) is 27.5 Å². The first-order valence-electron chi connectivity index (χ1n) is 6.58. The Balaban J connectivity index is 2.08. The monoisotopic (exact) mass is 337 g/mol. The highest BCUT2D eigenvalue weighted by molar-refractivity contribution is 6.32. The number of hydrogen-bond donors (Lipinski definition) is 0. The smallest absolute Gasteiger partial charge is 0.322 e. The summed E-state index contributed by atoms with van der Waals surface area (Å²) in [5, 5.41) is 10.8. The zero-order valence-corrected chi connectivity index (χ0v) is 12.8. The van der Waals surface area contributed by atoms with Crippen molar-refractivity contribution in [1.82, 2.24) is 9.97 Å². The first kappa shape index (κ1) is 16.6. The van der Waals surface area contributed by atoms with Crippen molar-refractivity contribution < 1.29 is 19.2 Å². The molecule has 0 bridgehead atoms. The Labute approximate surface area is 136 Å². The lowest BCUT2D eigenvalue weighted by Crippen LogP contribution is -2.07. The van der Waals surface area contributed by atoms with Crippen molar-refractivity contribution >= 4 is 23.3 Å². The highest BCUT2D eigenvalue weighted by Gasteiger charge is 2.11. The summed E-state index contributed by atoms with van der Waals surface area (Å²) in [6.45, 7) is 2.04. The summed E-state index contributed by atoms with van der Waals surface area (Å²) in [6.07, 6.45) is 2.17. The number of halogens is 1. The van der Waals surface area contributed by atoms with Gasteiger partial charge in [0.05, 0.1) is 23.0 Å². The molecule has 1 aromatic carbocycles. The molecule has 2 rings (SSSR count). The number of hydrogen-bond acceptors (Lipinski definition) is 7. The lowest BCUT2D eigenvalue weighted by Gasteiger charge is -2.07. The largest absolute Gasteiger partial charge is 0.466 e. The average Bonchev–Trinajstić information content (AvgIpc) is 2.51. The van der Waals surface area contributed by atoms with Crippen LogP contribution in [0.3, 0.4) is 0 Å². The second-order valence-electron chi connectivity index (χ2n) is 4.33. The summed E-state index contributed by atoms with van der Waals surface area (Å²) in [4.78, 5) is 28.8. The maximum atomic E-state index is 11.4. The first-order chi connectivity index (χ1) is 11.0. The minimum Gasteiger partial charge on any atom is -0.466 e. The number of carbonyl (C=O) groups excluding carboxylic acids is 1. The van der Waals surface area contributed by atoms with Crippen molar-refractivity contribution in [2.75, 3.05) is 6.61 Å². The Kier molecular flexibility index (Phi) is 5.42. The molecule has 0 N–H and O–H groups in total. The number of carbonyl (C=O) groups is 1. The molecule has 0 amide bonds. The number of rotatable bonds is 6. The topological polar surface area (TPSA) is 104 Å². The minimum atomic E-state index is -0.610. The van der Waals surface area contributed by atoms with E-state index in [0.717, 1.165) is 12.4 Å². The van der Waals surface area contributed by atoms with Crippen LogP contribution in [0.5, 0.6) is 11.8 Å². The number of nitro groups is 1. The molecule has 0 unspecified atom stereocenters. The van der Waals surface area contributed by atoms with Gasteiger partial charge < -0.3 is 9.47 Å². The molecule has 0 saturated heterocycles. The number of ether oxygens (including phenoxy) is 2. The fourth-order valence-electron chi connectivity index (χ4n) is 1.67. The molecule has 23 heavy (non-hydrogen) atoms. The van der Waals surface area contributed by atoms with Gasteiger partial charge in [-0.3, -0.25) is 14.9 Å². The van der Waals surface area contributed by atoms with Crippen LogP contribution in [0.4, 0.5) is 5.69 Å². The van der Waals surface area contributed by atoms with Crippen LogP contribution < -0.4 is 4.74 Å². The van der Waals surface area contributed by atoms with Crippen molar-refractivity contribution in [3.63, 3.8) is 0 Å². The maximum Gasteiger partial charge on any atom is 0.322 e. The standard InChI is InChI=1S/C14H12ClN3O5/c1-2-22-13(19)6-9-3-4-12(11(15)5-9)23-14-16-7-10(8-17-14)18(20)21/h3-5,7-8H,2,6H2,1H3. The fraction of sp³-hybridized carbons (Fsp3) is 0.214. The fourth-order valence-corrected chi connectivity index (χ4v) is 1.91. The molecule has 0 aliphatic carbocycles. The Hall–Kier alpha value is -2.74. The predicted octanol–water partition coefficient (Wildman–Crippen LogP) is 2.94. The van der Waals surface area contributed by atoms with Gasteiger partial charge in [-0.05, 0) is 24.6 Å². The molecule has 0 radical (unpaired) electrons. The Morgan fingerprint density at radius 3 is 2.61 bits per heavy atom. The van der Waals surface area contributed by atoms with E-state index in [1.165, 1.54) is 0 Å². The molecule has 0 spiro atoms. The van der Waals surface area contributed by atoms with E-state index in [9.17, 15) is 14.9 Å². The predicted molar refractivity (Wildman–Crippen MR) is 80.5 cm³/mol. The van der Waals surface area contributed by atoms with E-state index < -0.39 is 4.92 Å². The molecule has 9 heteroatoms. The Morgan fingerprint density at radius 1 is 1.35 bits per heavy atom. The molecule has 2 aromatic rings. The molecule has 0 aliphatic rings. The molecular formula is C14H12ClN3O5. The van der Waals surface area contributed by atoms with Crippen LogP contribution in [0, 0.1) is 10.1 Å². The number of nitrogens with zero attached hydrogens (tertiary/aromatic N) is 3. The third-order valence-corrected chi connectivity index (χ3v) is 2.97. The highest BCUT2D eigenvalue weighted by atomic mass is 35.5. The molecule has 0 fully saturated rings. The van der Waals surface area contributed by atoms with Gasteiger partial charge in [0.2, 0.25) is 0 Å². The van der Waals surface area contributed by atoms with E-state index in [-0.39, 0.29) is 34.9 Å². The van der Waals surface area contributed by atoms with Crippen LogP contribution in [0.15, 0.2) is 30.6 Å². The van der Waals surface area contributed by atoms with Gasteiger partial charge in [0.25, 0.3) is 0 Å². The zero-order chi connectivity index (χ0) is 16.8. The summed E-state index contributed by atoms with van der Waals surface area (Å²) in [7, 11) is 0. The first-order valence-corrected chi connectivity index (χ1v) is 6.95. The second kappa shape index (κ2) is 7.50. The van der Waals surface area contributed by atoms with Gasteiger partial charge in [0.1, 0.15) is 18.1 Å². The number of benzene rings is 1. The molecule has 0 aliphatic heterocycles. The maximum absolute atomic E-state index is 11.4. The molecule has 8 nitrogen and oxygen atoms in total. The van der Waals surface area contributed by atoms with Gasteiger partial charge in [-0.2, -0.15) is 9.97 Å². The van der Waals surface area contributed by atoms with Gasteiger partial charge in [-0.15, -0.1) is 0 Å². The summed E-state index contributed by atoms with van der Waals surface area (Å²) < 4.78 is 10.2. The Morgan fingerprint density at radius 2 is 2.04 bits per heavy atom. The van der Waals surface area contributed by atoms with Gasteiger partial charge in [0, 0.05) is 0 Å². The molecule has 1 heterocycles. The number of esters is 1. The lowest BCUT2D eigenvalue weighted by atomic mass is 10.1. The van der Waals surface area contributed by atoms with E-state index in [1.807, 2.05) is 0 Å². The van der Waals surface area contributed by atoms with Crippen LogP contribution in [0.25, 0.3) is 0 Å². The Bertz CT molecular complexity index is 721. The SMILES string of the molecule is CCOC(=O)Cc1ccc(Oc2ncc([N+](=O)[O-])cn2)c(Cl)c1. The van der Waals surface area contributed by atoms with Gasteiger partial charge in [0.15, 0.2) is 0 Å². The lowest BCUT2D eigenvalue weighted by molar-refractivity contribution is -0.385. The third kappa shape index (κ3) is 4.62. The van der Waals surface area contributed by atoms with Gasteiger partial charge >= 0.3 is 17.7 Å². The average molecular weight is 338 g/mol. The molecule has 0 atom stereocenters. The van der Waals surface area contributed by atoms with E-state index in [1.54, 1.807) is 25.1 Å². The minimum absolute atomic E-state index is 0.0735. The summed E-state index contributed by atoms with van der Waals surface area (Å²) in [6, 6.07) is 4.71. The molecule has 120 valence electrons. The number of aromatic nitrogens is 2. The van der Waals surface area contributed by atoms with Gasteiger partial charge in [-0.25, -0.2) is 0 Å². The second-order valence-corrected chi connectivity index (χ2v) is 4.74. The summed E-state index contributed by atoms with van der Waals surface area (Å²) >= 11 is 6.08. The van der Waals surface area contributed by atoms with Crippen LogP contribution in [0.2, 0.25) is 5.02 Å². The van der Waals surface area contributed by atoms with E-state index >= 15 is 0 Å². The summed E-state index contributed by atoms with van der Waals surface area (Å²) in [5.74, 6) is -0.0796. The molecule has 1 aromatic heterocycles. The van der Waals surface area contributed by atoms with Crippen molar-refractivity contribution in [3.8, 4) is 11.8 Å². The molecular weight excluding hydrogens is 326 g/mol. The van der Waals surface area contributed by atoms with Crippen LogP contribution >= 0.6 is 11.6 Å². The van der Waals surface area contributed by atoms with Crippen LogP contribution in [0.1, 0.15) is 12.5 Å². The summed E-state index contributed by atoms with van der Waals surface area (Å²) in [5.41, 5.74) is 0.429. The molecule has 0 saturated carbocycles. The quantitative estimate of drug-likeness (QED) is 0.453. The zero-order valence-electron chi connectivity index (χ0n) is 12.1. The van der Waals surface area contributed by atoms with E-state index in [0.29, 0.717) is 12.2 Å². The normalized spacial score (nSPS) is 10.2. The highest BCUT2D eigenvalue weighted by Crippen LogP contribution is 2.29. The van der Waals surface area contributed by atoms with E-state index in [2.05, 4.69) is 9.97 Å². The van der Waals surface area contributed by atoms with Gasteiger partial charge in [-0.1, -0.05) is 17.7 Å². The van der Waals surface area contributed by atoms with E-state index in [4.69, 9.17) is 21.1 Å². The van der Waals surface area contributed by atoms with Crippen molar-refractivity contribution in [2.24, 2.45) is 0 Å². The van der Waals surface area contributed by atoms with Crippen molar-refractivity contribution in [3.05, 3.63) is 51.3 Å². The van der Waals surface area contributed by atoms with Crippen molar-refractivity contribution in [2.45, 2.75) is 13.3 Å². The van der Waals surface area contributed by atoms with Crippen molar-refractivity contribution in [1.29, 1.82) is 0 Å². The third-order valence-electron chi connectivity index (χ3n) is 2.68. The van der Waals surface area contributed by atoms with Crippen LogP contribution in [-0.2, 0) is 16.0 Å².